The highest BCUT2D eigenvalue weighted by Crippen LogP contribution is 2.47. The highest BCUT2D eigenvalue weighted by Gasteiger charge is 2.43. The van der Waals surface area contributed by atoms with Crippen LogP contribution in [-0.2, 0) is 16.2 Å². The number of anilines is 1. The van der Waals surface area contributed by atoms with Gasteiger partial charge < -0.3 is 20.1 Å². The summed E-state index contributed by atoms with van der Waals surface area (Å²) >= 11 is 0. The van der Waals surface area contributed by atoms with E-state index in [1.54, 1.807) is 25.4 Å². The first-order valence-electron chi connectivity index (χ1n) is 13.1. The van der Waals surface area contributed by atoms with E-state index >= 15 is 0 Å². The summed E-state index contributed by atoms with van der Waals surface area (Å²) in [4.78, 5) is 31.6. The molecule has 1 amide bonds. The third-order valence-corrected chi connectivity index (χ3v) is 7.15. The number of pyridine rings is 1. The summed E-state index contributed by atoms with van der Waals surface area (Å²) in [7, 11) is 1.59. The number of amides is 1. The molecule has 200 valence electrons. The van der Waals surface area contributed by atoms with Gasteiger partial charge in [-0.05, 0) is 54.2 Å². The number of benzene rings is 2. The molecule has 2 aromatic carbocycles. The van der Waals surface area contributed by atoms with Crippen LogP contribution in [0.1, 0.15) is 50.7 Å². The number of carbonyl (C=O) groups is 2. The number of ketones is 1. The number of hydrogen-bond donors (Lipinski definition) is 2. The molecular weight excluding hydrogens is 490 g/mol. The Balaban J connectivity index is 1.54. The third kappa shape index (κ3) is 5.58. The lowest BCUT2D eigenvalue weighted by Crippen LogP contribution is -2.39. The van der Waals surface area contributed by atoms with E-state index < -0.39 is 5.92 Å². The lowest BCUT2D eigenvalue weighted by atomic mass is 9.68. The fraction of sp³-hybridized carbons (Fsp3) is 0.281. The summed E-state index contributed by atoms with van der Waals surface area (Å²) in [6.45, 7) is 6.46. The molecule has 1 aromatic heterocycles. The van der Waals surface area contributed by atoms with Crippen LogP contribution >= 0.6 is 0 Å². The number of methoxy groups -OCH3 is 1. The number of rotatable bonds is 7. The Bertz CT molecular complexity index is 1460. The van der Waals surface area contributed by atoms with Crippen LogP contribution in [-0.4, -0.2) is 23.8 Å². The van der Waals surface area contributed by atoms with Gasteiger partial charge in [0.1, 0.15) is 12.4 Å². The Morgan fingerprint density at radius 2 is 1.82 bits per heavy atom. The molecule has 2 heterocycles. The Hall–Kier alpha value is -4.39. The minimum atomic E-state index is -0.564. The number of nitrogens with zero attached hydrogens (tertiary/aromatic N) is 1. The molecule has 7 nitrogen and oxygen atoms in total. The molecule has 5 rings (SSSR count). The highest BCUT2D eigenvalue weighted by atomic mass is 16.5. The fourth-order valence-corrected chi connectivity index (χ4v) is 5.41. The summed E-state index contributed by atoms with van der Waals surface area (Å²) in [5.41, 5.74) is 4.34. The fourth-order valence-electron chi connectivity index (χ4n) is 5.41. The molecule has 3 aromatic rings. The van der Waals surface area contributed by atoms with Gasteiger partial charge >= 0.3 is 0 Å². The topological polar surface area (TPSA) is 89.5 Å². The monoisotopic (exact) mass is 523 g/mol. The molecule has 0 radical (unpaired) electrons. The van der Waals surface area contributed by atoms with Crippen molar-refractivity contribution in [1.29, 1.82) is 0 Å². The quantitative estimate of drug-likeness (QED) is 0.400. The predicted octanol–water partition coefficient (Wildman–Crippen LogP) is 5.91. The van der Waals surface area contributed by atoms with Gasteiger partial charge in [-0.15, -0.1) is 0 Å². The molecule has 0 fully saturated rings. The summed E-state index contributed by atoms with van der Waals surface area (Å²) in [5, 5.41) is 6.31. The second-order valence-corrected chi connectivity index (χ2v) is 10.8. The molecule has 1 unspecified atom stereocenters. The van der Waals surface area contributed by atoms with Gasteiger partial charge in [-0.25, -0.2) is 4.98 Å². The first-order valence-corrected chi connectivity index (χ1v) is 13.1. The lowest BCUT2D eigenvalue weighted by Gasteiger charge is -2.39. The van der Waals surface area contributed by atoms with Crippen LogP contribution in [0.5, 0.6) is 11.5 Å². The van der Waals surface area contributed by atoms with E-state index in [0.717, 1.165) is 16.8 Å². The molecule has 1 atom stereocenters. The predicted molar refractivity (Wildman–Crippen MR) is 150 cm³/mol. The minimum Gasteiger partial charge on any atom is -0.493 e. The van der Waals surface area contributed by atoms with Gasteiger partial charge in [-0.2, -0.15) is 0 Å². The van der Waals surface area contributed by atoms with E-state index in [0.29, 0.717) is 53.6 Å². The summed E-state index contributed by atoms with van der Waals surface area (Å²) in [6.07, 6.45) is 2.75. The summed E-state index contributed by atoms with van der Waals surface area (Å²) in [6, 6.07) is 20.9. The second kappa shape index (κ2) is 10.8. The van der Waals surface area contributed by atoms with Crippen LogP contribution in [0.15, 0.2) is 95.5 Å². The van der Waals surface area contributed by atoms with E-state index in [2.05, 4.69) is 29.5 Å². The number of nitrogens with one attached hydrogen (secondary N) is 2. The highest BCUT2D eigenvalue weighted by molar-refractivity contribution is 6.09. The standard InChI is InChI=1S/C32H33N3O4/c1-20-28(31(37)35-27-12-8-9-15-33-27)29(30-23(34-20)17-32(2,3)18-24(30)36)22-13-14-25(26(16-22)38-4)39-19-21-10-6-5-7-11-21/h5-16,29,34H,17-19H2,1-4H3,(H,33,35,37). The molecule has 1 aliphatic heterocycles. The number of dihydropyridines is 1. The van der Waals surface area contributed by atoms with Crippen molar-refractivity contribution in [2.75, 3.05) is 12.4 Å². The maximum atomic E-state index is 13.7. The van der Waals surface area contributed by atoms with Crippen LogP contribution in [0.2, 0.25) is 0 Å². The average molecular weight is 524 g/mol. The van der Waals surface area contributed by atoms with E-state index in [4.69, 9.17) is 9.47 Å². The lowest BCUT2D eigenvalue weighted by molar-refractivity contribution is -0.118. The Morgan fingerprint density at radius 3 is 2.54 bits per heavy atom. The second-order valence-electron chi connectivity index (χ2n) is 10.8. The maximum absolute atomic E-state index is 13.7. The van der Waals surface area contributed by atoms with Gasteiger partial charge in [0.25, 0.3) is 5.91 Å². The van der Waals surface area contributed by atoms with Gasteiger partial charge in [0.05, 0.1) is 7.11 Å². The SMILES string of the molecule is COc1cc(C2C(C(=O)Nc3ccccn3)=C(C)NC3=C2C(=O)CC(C)(C)C3)ccc1OCc1ccccc1. The molecule has 1 aliphatic carbocycles. The zero-order valence-corrected chi connectivity index (χ0v) is 22.7. The van der Waals surface area contributed by atoms with Crippen molar-refractivity contribution in [3.63, 3.8) is 0 Å². The smallest absolute Gasteiger partial charge is 0.255 e. The number of carbonyl (C=O) groups excluding carboxylic acids is 2. The summed E-state index contributed by atoms with van der Waals surface area (Å²) < 4.78 is 11.8. The van der Waals surface area contributed by atoms with Crippen molar-refractivity contribution in [3.05, 3.63) is 107 Å². The van der Waals surface area contributed by atoms with Crippen LogP contribution < -0.4 is 20.1 Å². The van der Waals surface area contributed by atoms with Crippen LogP contribution in [0.4, 0.5) is 5.82 Å². The first-order chi connectivity index (χ1) is 18.8. The van der Waals surface area contributed by atoms with Crippen LogP contribution in [0.3, 0.4) is 0 Å². The third-order valence-electron chi connectivity index (χ3n) is 7.15. The molecule has 7 heteroatoms. The van der Waals surface area contributed by atoms with Crippen LogP contribution in [0, 0.1) is 5.41 Å². The van der Waals surface area contributed by atoms with Crippen molar-refractivity contribution < 1.29 is 19.1 Å². The van der Waals surface area contributed by atoms with E-state index in [-0.39, 0.29) is 17.1 Å². The van der Waals surface area contributed by atoms with Gasteiger partial charge in [-0.3, -0.25) is 9.59 Å². The normalized spacial score (nSPS) is 18.3. The molecule has 0 saturated carbocycles. The number of ether oxygens (including phenoxy) is 2. The van der Waals surface area contributed by atoms with Crippen molar-refractivity contribution >= 4 is 17.5 Å². The number of hydrogen-bond acceptors (Lipinski definition) is 6. The Labute approximate surface area is 228 Å². The first kappa shape index (κ1) is 26.2. The van der Waals surface area contributed by atoms with E-state index in [1.807, 2.05) is 61.5 Å². The molecular formula is C32H33N3O4. The minimum absolute atomic E-state index is 0.0396. The Morgan fingerprint density at radius 1 is 1.05 bits per heavy atom. The van der Waals surface area contributed by atoms with Crippen molar-refractivity contribution in [2.45, 2.75) is 46.1 Å². The molecule has 0 spiro atoms. The van der Waals surface area contributed by atoms with Crippen molar-refractivity contribution in [1.82, 2.24) is 10.3 Å². The Kier molecular flexibility index (Phi) is 7.24. The largest absolute Gasteiger partial charge is 0.493 e. The van der Waals surface area contributed by atoms with E-state index in [9.17, 15) is 9.59 Å². The molecule has 2 aliphatic rings. The number of Topliss-reactive ketones (excluding diaryl/α,β-unsaturated/α-hetero) is 1. The number of allylic oxidation sites excluding steroid dienone is 3. The molecule has 0 bridgehead atoms. The summed E-state index contributed by atoms with van der Waals surface area (Å²) in [5.74, 6) is 0.735. The van der Waals surface area contributed by atoms with Crippen LogP contribution in [0.25, 0.3) is 0 Å². The number of aromatic nitrogens is 1. The zero-order chi connectivity index (χ0) is 27.6. The molecule has 39 heavy (non-hydrogen) atoms. The maximum Gasteiger partial charge on any atom is 0.255 e. The van der Waals surface area contributed by atoms with Crippen molar-refractivity contribution in [3.8, 4) is 11.5 Å². The molecule has 2 N–H and O–H groups in total. The van der Waals surface area contributed by atoms with Crippen molar-refractivity contribution in [2.24, 2.45) is 5.41 Å². The van der Waals surface area contributed by atoms with Gasteiger partial charge in [0.15, 0.2) is 17.3 Å². The van der Waals surface area contributed by atoms with Gasteiger partial charge in [0, 0.05) is 41.1 Å². The van der Waals surface area contributed by atoms with Gasteiger partial charge in [-0.1, -0.05) is 56.3 Å². The van der Waals surface area contributed by atoms with Gasteiger partial charge in [0.2, 0.25) is 0 Å². The zero-order valence-electron chi connectivity index (χ0n) is 22.7. The molecule has 0 saturated heterocycles. The van der Waals surface area contributed by atoms with E-state index in [1.165, 1.54) is 0 Å². The average Bonchev–Trinajstić information content (AvgIpc) is 2.91.